The van der Waals surface area contributed by atoms with Crippen LogP contribution in [0.25, 0.3) is 10.8 Å². The smallest absolute Gasteiger partial charge is 0.410 e. The molecule has 11 heteroatoms. The fourth-order valence-electron chi connectivity index (χ4n) is 4.19. The van der Waals surface area contributed by atoms with Gasteiger partial charge in [-0.05, 0) is 46.8 Å². The van der Waals surface area contributed by atoms with Gasteiger partial charge in [-0.3, -0.25) is 14.2 Å². The number of amides is 2. The maximum absolute atomic E-state index is 13.7. The lowest BCUT2D eigenvalue weighted by molar-refractivity contribution is 0.0140. The lowest BCUT2D eigenvalue weighted by Gasteiger charge is -2.43. The number of hydrogen-bond donors (Lipinski definition) is 1. The Bertz CT molecular complexity index is 1240. The van der Waals surface area contributed by atoms with Crippen LogP contribution in [0.3, 0.4) is 0 Å². The van der Waals surface area contributed by atoms with Crippen LogP contribution in [0.5, 0.6) is 0 Å². The zero-order chi connectivity index (χ0) is 26.8. The second kappa shape index (κ2) is 10.6. The number of piperazine rings is 1. The molecular weight excluding hydrogens is 497 g/mol. The van der Waals surface area contributed by atoms with Gasteiger partial charge in [0.1, 0.15) is 35.9 Å². The molecular formula is C26H33FN5O4S+. The van der Waals surface area contributed by atoms with Crippen LogP contribution in [-0.2, 0) is 11.3 Å². The van der Waals surface area contributed by atoms with Gasteiger partial charge in [0.05, 0.1) is 19.3 Å². The highest BCUT2D eigenvalue weighted by Crippen LogP contribution is 2.31. The fourth-order valence-corrected chi connectivity index (χ4v) is 4.93. The van der Waals surface area contributed by atoms with Crippen molar-refractivity contribution in [2.24, 2.45) is 0 Å². The predicted octanol–water partition coefficient (Wildman–Crippen LogP) is 4.83. The Balaban J connectivity index is 1.53. The van der Waals surface area contributed by atoms with Crippen molar-refractivity contribution in [2.75, 3.05) is 26.2 Å². The molecule has 2 amide bonds. The van der Waals surface area contributed by atoms with E-state index in [4.69, 9.17) is 9.15 Å². The molecule has 1 aromatic carbocycles. The van der Waals surface area contributed by atoms with Crippen molar-refractivity contribution in [1.82, 2.24) is 24.7 Å². The Labute approximate surface area is 219 Å². The zero-order valence-corrected chi connectivity index (χ0v) is 22.6. The van der Waals surface area contributed by atoms with Crippen LogP contribution in [0.2, 0.25) is 0 Å². The van der Waals surface area contributed by atoms with Gasteiger partial charge < -0.3 is 14.5 Å². The van der Waals surface area contributed by atoms with E-state index >= 15 is 0 Å². The van der Waals surface area contributed by atoms with Gasteiger partial charge in [0, 0.05) is 23.6 Å². The number of hydrogen-bond acceptors (Lipinski definition) is 7. The van der Waals surface area contributed by atoms with E-state index in [2.05, 4.69) is 15.3 Å². The molecule has 3 aromatic rings. The van der Waals surface area contributed by atoms with E-state index in [9.17, 15) is 14.0 Å². The summed E-state index contributed by atoms with van der Waals surface area (Å²) in [5, 5.41) is 5.08. The molecule has 0 spiro atoms. The van der Waals surface area contributed by atoms with Crippen LogP contribution >= 0.6 is 11.3 Å². The maximum Gasteiger partial charge on any atom is 0.410 e. The predicted molar refractivity (Wildman–Crippen MR) is 140 cm³/mol. The van der Waals surface area contributed by atoms with Crippen LogP contribution in [0.4, 0.5) is 14.9 Å². The Morgan fingerprint density at radius 2 is 1.89 bits per heavy atom. The molecule has 1 fully saturated rings. The summed E-state index contributed by atoms with van der Waals surface area (Å²) >= 11 is 1.31. The molecule has 1 aliphatic heterocycles. The zero-order valence-electron chi connectivity index (χ0n) is 21.8. The van der Waals surface area contributed by atoms with Gasteiger partial charge in [-0.2, -0.15) is 0 Å². The van der Waals surface area contributed by atoms with Gasteiger partial charge in [0.25, 0.3) is 11.8 Å². The summed E-state index contributed by atoms with van der Waals surface area (Å²) in [7, 11) is 0. The van der Waals surface area contributed by atoms with E-state index < -0.39 is 5.60 Å². The summed E-state index contributed by atoms with van der Waals surface area (Å²) < 4.78 is 25.8. The first-order chi connectivity index (χ1) is 17.4. The number of benzene rings is 1. The molecule has 0 bridgehead atoms. The van der Waals surface area contributed by atoms with Crippen molar-refractivity contribution < 1.29 is 23.1 Å². The van der Waals surface area contributed by atoms with Gasteiger partial charge in [-0.25, -0.2) is 19.2 Å². The lowest BCUT2D eigenvalue weighted by Crippen LogP contribution is -2.61. The average molecular weight is 531 g/mol. The van der Waals surface area contributed by atoms with Gasteiger partial charge in [-0.1, -0.05) is 0 Å². The normalized spacial score (nSPS) is 15.6. The molecule has 0 unspecified atom stereocenters. The van der Waals surface area contributed by atoms with Gasteiger partial charge in [-0.15, -0.1) is 11.3 Å². The van der Waals surface area contributed by atoms with Crippen molar-refractivity contribution in [3.8, 4) is 10.8 Å². The molecule has 0 atom stereocenters. The maximum atomic E-state index is 13.7. The molecule has 1 saturated heterocycles. The topological polar surface area (TPSA) is 97.6 Å². The van der Waals surface area contributed by atoms with Crippen LogP contribution < -0.4 is 9.80 Å². The molecule has 4 rings (SSSR count). The fraction of sp³-hybridized carbons (Fsp3) is 0.462. The number of carbonyl (C=O) groups excluding carboxylic acids is 2. The standard InChI is InChI=1S/C26H32FN5O4S/c1-17(2)29-23(33)20-16-37-24(30-20)21-14-28-22(35-21)15-32(19-8-6-18(27)7-9-19)12-10-31(11-13-32)25(34)36-26(3,4)5/h6-9,14,16-17H,10-13,15H2,1-5H3/p+1. The molecule has 1 aliphatic rings. The highest BCUT2D eigenvalue weighted by molar-refractivity contribution is 7.13. The van der Waals surface area contributed by atoms with E-state index in [0.717, 1.165) is 5.69 Å². The largest absolute Gasteiger partial charge is 0.444 e. The molecule has 1 N–H and O–H groups in total. The quantitative estimate of drug-likeness (QED) is 0.459. The summed E-state index contributed by atoms with van der Waals surface area (Å²) in [4.78, 5) is 35.5. The van der Waals surface area contributed by atoms with Crippen molar-refractivity contribution in [1.29, 1.82) is 0 Å². The van der Waals surface area contributed by atoms with E-state index in [-0.39, 0.29) is 23.9 Å². The molecule has 2 aromatic heterocycles. The average Bonchev–Trinajstić information content (AvgIpc) is 3.48. The van der Waals surface area contributed by atoms with E-state index in [0.29, 0.717) is 59.6 Å². The first kappa shape index (κ1) is 26.7. The van der Waals surface area contributed by atoms with E-state index in [1.807, 2.05) is 34.6 Å². The number of rotatable bonds is 6. The minimum atomic E-state index is -0.572. The molecule has 0 saturated carbocycles. The monoisotopic (exact) mass is 530 g/mol. The van der Waals surface area contributed by atoms with Crippen molar-refractivity contribution in [2.45, 2.75) is 52.8 Å². The third-order valence-electron chi connectivity index (χ3n) is 5.98. The van der Waals surface area contributed by atoms with Crippen LogP contribution in [0.15, 0.2) is 40.3 Å². The minimum Gasteiger partial charge on any atom is -0.444 e. The number of nitrogens with zero attached hydrogens (tertiary/aromatic N) is 4. The van der Waals surface area contributed by atoms with E-state index in [1.54, 1.807) is 28.6 Å². The summed E-state index contributed by atoms with van der Waals surface area (Å²) in [6.07, 6.45) is 1.26. The number of carbonyl (C=O) groups is 2. The van der Waals surface area contributed by atoms with Crippen molar-refractivity contribution in [3.05, 3.63) is 53.2 Å². The molecule has 37 heavy (non-hydrogen) atoms. The minimum absolute atomic E-state index is 0.0108. The van der Waals surface area contributed by atoms with Crippen molar-refractivity contribution >= 4 is 29.0 Å². The Hall–Kier alpha value is -3.31. The number of ether oxygens (including phenoxy) is 1. The van der Waals surface area contributed by atoms with Crippen LogP contribution in [0.1, 0.15) is 51.0 Å². The van der Waals surface area contributed by atoms with Crippen molar-refractivity contribution in [3.63, 3.8) is 0 Å². The summed E-state index contributed by atoms with van der Waals surface area (Å²) in [5.41, 5.74) is 0.670. The molecule has 0 aliphatic carbocycles. The highest BCUT2D eigenvalue weighted by Gasteiger charge is 2.39. The number of aromatic nitrogens is 2. The molecule has 3 heterocycles. The summed E-state index contributed by atoms with van der Waals surface area (Å²) in [6.45, 7) is 11.8. The van der Waals surface area contributed by atoms with Crippen LogP contribution in [0, 0.1) is 5.82 Å². The summed E-state index contributed by atoms with van der Waals surface area (Å²) in [5.74, 6) is 0.427. The Kier molecular flexibility index (Phi) is 7.65. The number of nitrogens with one attached hydrogen (secondary N) is 1. The van der Waals surface area contributed by atoms with Gasteiger partial charge in [0.2, 0.25) is 0 Å². The Morgan fingerprint density at radius 3 is 2.51 bits per heavy atom. The second-order valence-corrected chi connectivity index (χ2v) is 11.3. The first-order valence-electron chi connectivity index (χ1n) is 12.3. The molecule has 198 valence electrons. The molecule has 9 nitrogen and oxygen atoms in total. The number of oxazole rings is 1. The summed E-state index contributed by atoms with van der Waals surface area (Å²) in [6, 6.07) is 6.42. The van der Waals surface area contributed by atoms with Gasteiger partial charge in [0.15, 0.2) is 17.3 Å². The number of quaternary nitrogens is 1. The third-order valence-corrected chi connectivity index (χ3v) is 6.84. The first-order valence-corrected chi connectivity index (χ1v) is 13.1. The Morgan fingerprint density at radius 1 is 1.22 bits per heavy atom. The third kappa shape index (κ3) is 6.53. The van der Waals surface area contributed by atoms with Gasteiger partial charge >= 0.3 is 6.09 Å². The number of thiazole rings is 1. The lowest BCUT2D eigenvalue weighted by atomic mass is 10.1. The SMILES string of the molecule is CC(C)NC(=O)c1csc(-c2cnc(C[N+]3(c4ccc(F)cc4)CCN(C(=O)OC(C)(C)C)CC3)o2)n1. The highest BCUT2D eigenvalue weighted by atomic mass is 32.1. The van der Waals surface area contributed by atoms with E-state index in [1.165, 1.54) is 23.5 Å². The van der Waals surface area contributed by atoms with Crippen LogP contribution in [-0.4, -0.2) is 64.7 Å². The molecule has 0 radical (unpaired) electrons. The second-order valence-electron chi connectivity index (χ2n) is 10.5. The number of halogens is 1.